The standard InChI is InChI=1S/C24H23N5S/c1-14-21(30-24(27-14)17-8-5-4-6-9-17)12-19(22-15(2)28-29-16(22)3)20-13-26-23-18(20)10-7-11-25-23/h4-11,13,19H,12H2,1-3H3,(H,25,26)(H,28,29). The molecule has 4 aromatic heterocycles. The number of pyridine rings is 1. The molecule has 0 bridgehead atoms. The molecule has 0 spiro atoms. The third-order valence-corrected chi connectivity index (χ3v) is 6.92. The van der Waals surface area contributed by atoms with Gasteiger partial charge in [-0.3, -0.25) is 5.10 Å². The van der Waals surface area contributed by atoms with Crippen LogP contribution in [0, 0.1) is 20.8 Å². The van der Waals surface area contributed by atoms with Gasteiger partial charge in [0.1, 0.15) is 10.7 Å². The molecule has 0 aliphatic carbocycles. The smallest absolute Gasteiger partial charge is 0.137 e. The second kappa shape index (κ2) is 7.54. The van der Waals surface area contributed by atoms with Gasteiger partial charge in [-0.15, -0.1) is 11.3 Å². The van der Waals surface area contributed by atoms with Crippen LogP contribution in [-0.4, -0.2) is 25.1 Å². The SMILES string of the molecule is Cc1nc(-c2ccccc2)sc1CC(c1c(C)n[nH]c1C)c1c[nH]c2ncccc12. The number of nitrogens with zero attached hydrogens (tertiary/aromatic N) is 3. The zero-order chi connectivity index (χ0) is 20.7. The summed E-state index contributed by atoms with van der Waals surface area (Å²) in [5, 5.41) is 9.88. The maximum absolute atomic E-state index is 4.88. The van der Waals surface area contributed by atoms with Gasteiger partial charge in [0.25, 0.3) is 0 Å². The summed E-state index contributed by atoms with van der Waals surface area (Å²) < 4.78 is 0. The van der Waals surface area contributed by atoms with E-state index in [1.807, 2.05) is 18.3 Å². The van der Waals surface area contributed by atoms with E-state index in [0.717, 1.165) is 39.5 Å². The van der Waals surface area contributed by atoms with Crippen LogP contribution in [-0.2, 0) is 6.42 Å². The number of nitrogens with one attached hydrogen (secondary N) is 2. The summed E-state index contributed by atoms with van der Waals surface area (Å²) in [5.41, 5.74) is 7.85. The van der Waals surface area contributed by atoms with E-state index in [1.54, 1.807) is 11.3 Å². The molecule has 0 aliphatic heterocycles. The van der Waals surface area contributed by atoms with Gasteiger partial charge in [-0.05, 0) is 44.9 Å². The summed E-state index contributed by atoms with van der Waals surface area (Å²) in [7, 11) is 0. The Morgan fingerprint density at radius 1 is 1.00 bits per heavy atom. The molecule has 5 nitrogen and oxygen atoms in total. The first kappa shape index (κ1) is 18.8. The highest BCUT2D eigenvalue weighted by Crippen LogP contribution is 2.38. The second-order valence-corrected chi connectivity index (χ2v) is 8.73. The molecule has 0 saturated carbocycles. The molecule has 0 saturated heterocycles. The van der Waals surface area contributed by atoms with E-state index in [4.69, 9.17) is 4.98 Å². The van der Waals surface area contributed by atoms with Gasteiger partial charge < -0.3 is 4.98 Å². The first-order valence-corrected chi connectivity index (χ1v) is 10.9. The lowest BCUT2D eigenvalue weighted by atomic mass is 9.86. The molecule has 5 aromatic rings. The zero-order valence-corrected chi connectivity index (χ0v) is 18.0. The molecule has 0 radical (unpaired) electrons. The molecule has 1 aromatic carbocycles. The molecule has 1 unspecified atom stereocenters. The average molecular weight is 414 g/mol. The first-order valence-electron chi connectivity index (χ1n) is 10.1. The molecule has 2 N–H and O–H groups in total. The maximum atomic E-state index is 4.88. The number of aromatic amines is 2. The molecule has 0 fully saturated rings. The average Bonchev–Trinajstić information content (AvgIpc) is 3.45. The molecule has 5 rings (SSSR count). The Morgan fingerprint density at radius 2 is 1.83 bits per heavy atom. The molecular weight excluding hydrogens is 390 g/mol. The highest BCUT2D eigenvalue weighted by molar-refractivity contribution is 7.15. The number of hydrogen-bond acceptors (Lipinski definition) is 4. The summed E-state index contributed by atoms with van der Waals surface area (Å²) in [4.78, 5) is 14.0. The Bertz CT molecular complexity index is 1290. The van der Waals surface area contributed by atoms with E-state index < -0.39 is 0 Å². The fourth-order valence-corrected chi connectivity index (χ4v) is 5.33. The van der Waals surface area contributed by atoms with Crippen LogP contribution in [0.2, 0.25) is 0 Å². The highest BCUT2D eigenvalue weighted by Gasteiger charge is 2.26. The molecular formula is C24H23N5S. The number of benzene rings is 1. The quantitative estimate of drug-likeness (QED) is 0.388. The summed E-state index contributed by atoms with van der Waals surface area (Å²) in [6.07, 6.45) is 4.80. The molecule has 6 heteroatoms. The van der Waals surface area contributed by atoms with Gasteiger partial charge in [0.05, 0.1) is 11.4 Å². The predicted octanol–water partition coefficient (Wildman–Crippen LogP) is 5.71. The second-order valence-electron chi connectivity index (χ2n) is 7.64. The molecule has 4 heterocycles. The van der Waals surface area contributed by atoms with Gasteiger partial charge in [-0.2, -0.15) is 5.10 Å². The molecule has 1 atom stereocenters. The van der Waals surface area contributed by atoms with E-state index in [2.05, 4.69) is 77.5 Å². The number of hydrogen-bond donors (Lipinski definition) is 2. The van der Waals surface area contributed by atoms with Crippen molar-refractivity contribution in [3.05, 3.63) is 87.9 Å². The van der Waals surface area contributed by atoms with Gasteiger partial charge in [0.2, 0.25) is 0 Å². The van der Waals surface area contributed by atoms with Gasteiger partial charge in [-0.25, -0.2) is 9.97 Å². The largest absolute Gasteiger partial charge is 0.346 e. The highest BCUT2D eigenvalue weighted by atomic mass is 32.1. The van der Waals surface area contributed by atoms with Gasteiger partial charge in [-0.1, -0.05) is 30.3 Å². The van der Waals surface area contributed by atoms with Crippen molar-refractivity contribution < 1.29 is 0 Å². The van der Waals surface area contributed by atoms with Crippen molar-refractivity contribution in [2.45, 2.75) is 33.1 Å². The van der Waals surface area contributed by atoms with Crippen molar-refractivity contribution in [2.24, 2.45) is 0 Å². The topological polar surface area (TPSA) is 70.2 Å². The van der Waals surface area contributed by atoms with Gasteiger partial charge in [0.15, 0.2) is 0 Å². The summed E-state index contributed by atoms with van der Waals surface area (Å²) >= 11 is 1.79. The third kappa shape index (κ3) is 3.23. The van der Waals surface area contributed by atoms with Crippen molar-refractivity contribution in [2.75, 3.05) is 0 Å². The van der Waals surface area contributed by atoms with Crippen LogP contribution >= 0.6 is 11.3 Å². The first-order chi connectivity index (χ1) is 14.6. The fraction of sp³-hybridized carbons (Fsp3) is 0.208. The van der Waals surface area contributed by atoms with E-state index in [-0.39, 0.29) is 5.92 Å². The van der Waals surface area contributed by atoms with Crippen molar-refractivity contribution >= 4 is 22.4 Å². The maximum Gasteiger partial charge on any atom is 0.137 e. The Morgan fingerprint density at radius 3 is 2.60 bits per heavy atom. The van der Waals surface area contributed by atoms with E-state index >= 15 is 0 Å². The number of thiazole rings is 1. The van der Waals surface area contributed by atoms with Crippen molar-refractivity contribution in [1.82, 2.24) is 25.1 Å². The van der Waals surface area contributed by atoms with Crippen LogP contribution in [0.25, 0.3) is 21.6 Å². The van der Waals surface area contributed by atoms with E-state index in [0.29, 0.717) is 0 Å². The fourth-order valence-electron chi connectivity index (χ4n) is 4.21. The monoisotopic (exact) mass is 413 g/mol. The minimum absolute atomic E-state index is 0.171. The van der Waals surface area contributed by atoms with Crippen LogP contribution in [0.5, 0.6) is 0 Å². The number of aromatic nitrogens is 5. The molecule has 30 heavy (non-hydrogen) atoms. The minimum Gasteiger partial charge on any atom is -0.346 e. The lowest BCUT2D eigenvalue weighted by Gasteiger charge is -2.17. The summed E-state index contributed by atoms with van der Waals surface area (Å²) in [6.45, 7) is 6.29. The molecule has 0 amide bonds. The minimum atomic E-state index is 0.171. The van der Waals surface area contributed by atoms with Crippen molar-refractivity contribution in [1.29, 1.82) is 0 Å². The number of fused-ring (bicyclic) bond motifs is 1. The number of aryl methyl sites for hydroxylation is 3. The van der Waals surface area contributed by atoms with Crippen LogP contribution in [0.3, 0.4) is 0 Å². The Hall–Kier alpha value is -3.25. The Labute approximate surface area is 179 Å². The third-order valence-electron chi connectivity index (χ3n) is 5.70. The lowest BCUT2D eigenvalue weighted by molar-refractivity contribution is 0.802. The lowest BCUT2D eigenvalue weighted by Crippen LogP contribution is -2.07. The Balaban J connectivity index is 1.61. The van der Waals surface area contributed by atoms with Crippen LogP contribution in [0.1, 0.15) is 39.0 Å². The van der Waals surface area contributed by atoms with Crippen molar-refractivity contribution in [3.63, 3.8) is 0 Å². The zero-order valence-electron chi connectivity index (χ0n) is 17.2. The van der Waals surface area contributed by atoms with E-state index in [1.165, 1.54) is 21.6 Å². The van der Waals surface area contributed by atoms with Crippen LogP contribution in [0.15, 0.2) is 54.9 Å². The Kier molecular flexibility index (Phi) is 4.71. The molecule has 0 aliphatic rings. The summed E-state index contributed by atoms with van der Waals surface area (Å²) in [6, 6.07) is 14.5. The van der Waals surface area contributed by atoms with Gasteiger partial charge in [0, 0.05) is 45.4 Å². The number of H-pyrrole nitrogens is 2. The summed E-state index contributed by atoms with van der Waals surface area (Å²) in [5.74, 6) is 0.171. The van der Waals surface area contributed by atoms with Crippen molar-refractivity contribution in [3.8, 4) is 10.6 Å². The van der Waals surface area contributed by atoms with Crippen LogP contribution < -0.4 is 0 Å². The number of rotatable bonds is 5. The predicted molar refractivity (Wildman–Crippen MR) is 122 cm³/mol. The molecule has 150 valence electrons. The van der Waals surface area contributed by atoms with Gasteiger partial charge >= 0.3 is 0 Å². The normalized spacial score (nSPS) is 12.5. The van der Waals surface area contributed by atoms with Crippen LogP contribution in [0.4, 0.5) is 0 Å². The van der Waals surface area contributed by atoms with E-state index in [9.17, 15) is 0 Å².